The van der Waals surface area contributed by atoms with Crippen LogP contribution in [0, 0.1) is 5.41 Å². The Kier molecular flexibility index (Phi) is 8.41. The largest absolute Gasteiger partial charge is 0.487 e. The number of fused-ring (bicyclic) bond motifs is 1. The fourth-order valence-electron chi connectivity index (χ4n) is 5.98. The molecule has 3 aliphatic heterocycles. The van der Waals surface area contributed by atoms with Crippen LogP contribution >= 0.6 is 0 Å². The number of benzene rings is 2. The first-order valence-electron chi connectivity index (χ1n) is 14.8. The van der Waals surface area contributed by atoms with Crippen molar-refractivity contribution < 1.29 is 23.8 Å². The molecule has 7 nitrogen and oxygen atoms in total. The van der Waals surface area contributed by atoms with Crippen molar-refractivity contribution in [3.05, 3.63) is 64.7 Å². The van der Waals surface area contributed by atoms with Gasteiger partial charge in [0, 0.05) is 51.7 Å². The van der Waals surface area contributed by atoms with Gasteiger partial charge in [-0.05, 0) is 72.4 Å². The van der Waals surface area contributed by atoms with Gasteiger partial charge in [-0.3, -0.25) is 4.79 Å². The van der Waals surface area contributed by atoms with Gasteiger partial charge in [0.25, 0.3) is 5.91 Å². The third-order valence-corrected chi connectivity index (χ3v) is 8.53. The Morgan fingerprint density at radius 3 is 2.25 bits per heavy atom. The van der Waals surface area contributed by atoms with Gasteiger partial charge in [-0.25, -0.2) is 4.79 Å². The van der Waals surface area contributed by atoms with Gasteiger partial charge < -0.3 is 24.0 Å². The number of rotatable bonds is 5. The number of amides is 2. The smallest absolute Gasteiger partial charge is 0.409 e. The minimum absolute atomic E-state index is 0.0355. The maximum Gasteiger partial charge on any atom is 0.409 e. The highest BCUT2D eigenvalue weighted by Gasteiger charge is 2.41. The van der Waals surface area contributed by atoms with Crippen LogP contribution in [-0.2, 0) is 22.3 Å². The van der Waals surface area contributed by atoms with E-state index in [1.54, 1.807) is 7.11 Å². The zero-order chi connectivity index (χ0) is 28.3. The fourth-order valence-corrected chi connectivity index (χ4v) is 5.98. The predicted octanol–water partition coefficient (Wildman–Crippen LogP) is 5.87. The SMILES string of the molecule is COC1CCN(C(=O)c2ccc(Cc3ccc4c(c3)CCC3(CCN(C(=O)OCC(C)(C)C)CC3)O4)cc2)CC1. The number of methoxy groups -OCH3 is 1. The van der Waals surface area contributed by atoms with Crippen LogP contribution in [0.15, 0.2) is 42.5 Å². The summed E-state index contributed by atoms with van der Waals surface area (Å²) in [7, 11) is 1.74. The number of nitrogens with zero attached hydrogens (tertiary/aromatic N) is 2. The molecular formula is C33H44N2O5. The van der Waals surface area contributed by atoms with Crippen LogP contribution in [0.2, 0.25) is 0 Å². The van der Waals surface area contributed by atoms with E-state index in [1.807, 2.05) is 21.9 Å². The summed E-state index contributed by atoms with van der Waals surface area (Å²) < 4.78 is 17.5. The molecule has 3 aliphatic rings. The van der Waals surface area contributed by atoms with Gasteiger partial charge >= 0.3 is 6.09 Å². The first kappa shape index (κ1) is 28.5. The van der Waals surface area contributed by atoms with Crippen molar-refractivity contribution in [2.45, 2.75) is 77.4 Å². The van der Waals surface area contributed by atoms with Crippen molar-refractivity contribution in [3.63, 3.8) is 0 Å². The van der Waals surface area contributed by atoms with E-state index < -0.39 is 0 Å². The number of ether oxygens (including phenoxy) is 3. The monoisotopic (exact) mass is 548 g/mol. The van der Waals surface area contributed by atoms with Crippen LogP contribution in [0.5, 0.6) is 5.75 Å². The molecule has 0 saturated carbocycles. The zero-order valence-corrected chi connectivity index (χ0v) is 24.5. The summed E-state index contributed by atoms with van der Waals surface area (Å²) in [6, 6.07) is 14.6. The molecule has 216 valence electrons. The molecule has 0 aliphatic carbocycles. The van der Waals surface area contributed by atoms with Crippen molar-refractivity contribution >= 4 is 12.0 Å². The highest BCUT2D eigenvalue weighted by molar-refractivity contribution is 5.94. The number of aryl methyl sites for hydroxylation is 1. The summed E-state index contributed by atoms with van der Waals surface area (Å²) in [6.45, 7) is 9.46. The molecule has 1 spiro atoms. The first-order chi connectivity index (χ1) is 19.1. The summed E-state index contributed by atoms with van der Waals surface area (Å²) >= 11 is 0. The molecule has 2 saturated heterocycles. The fraction of sp³-hybridized carbons (Fsp3) is 0.576. The Morgan fingerprint density at radius 1 is 0.925 bits per heavy atom. The minimum atomic E-state index is -0.213. The van der Waals surface area contributed by atoms with E-state index >= 15 is 0 Å². The summed E-state index contributed by atoms with van der Waals surface area (Å²) in [5, 5.41) is 0. The number of carbonyl (C=O) groups excluding carboxylic acids is 2. The first-order valence-corrected chi connectivity index (χ1v) is 14.8. The Morgan fingerprint density at radius 2 is 1.60 bits per heavy atom. The molecular weight excluding hydrogens is 504 g/mol. The molecule has 2 fully saturated rings. The number of carbonyl (C=O) groups is 2. The van der Waals surface area contributed by atoms with Crippen LogP contribution in [0.3, 0.4) is 0 Å². The summed E-state index contributed by atoms with van der Waals surface area (Å²) in [6.07, 6.45) is 6.26. The van der Waals surface area contributed by atoms with Gasteiger partial charge in [0.2, 0.25) is 0 Å². The Balaban J connectivity index is 1.14. The second-order valence-electron chi connectivity index (χ2n) is 12.9. The molecule has 2 aromatic rings. The highest BCUT2D eigenvalue weighted by atomic mass is 16.6. The third-order valence-electron chi connectivity index (χ3n) is 8.53. The van der Waals surface area contributed by atoms with Gasteiger partial charge in [0.05, 0.1) is 12.7 Å². The quantitative estimate of drug-likeness (QED) is 0.468. The zero-order valence-electron chi connectivity index (χ0n) is 24.5. The predicted molar refractivity (Wildman–Crippen MR) is 155 cm³/mol. The Hall–Kier alpha value is -3.06. The van der Waals surface area contributed by atoms with Gasteiger partial charge in [0.15, 0.2) is 0 Å². The van der Waals surface area contributed by atoms with Gasteiger partial charge in [-0.2, -0.15) is 0 Å². The second kappa shape index (κ2) is 11.8. The molecule has 7 heteroatoms. The van der Waals surface area contributed by atoms with Crippen molar-refractivity contribution in [1.82, 2.24) is 9.80 Å². The second-order valence-corrected chi connectivity index (χ2v) is 12.9. The van der Waals surface area contributed by atoms with Gasteiger partial charge in [-0.1, -0.05) is 45.0 Å². The molecule has 0 N–H and O–H groups in total. The highest BCUT2D eigenvalue weighted by Crippen LogP contribution is 2.40. The molecule has 40 heavy (non-hydrogen) atoms. The molecule has 0 atom stereocenters. The van der Waals surface area contributed by atoms with Crippen LogP contribution in [0.25, 0.3) is 0 Å². The normalized spacial score (nSPS) is 19.2. The van der Waals surface area contributed by atoms with Crippen molar-refractivity contribution in [2.24, 2.45) is 5.41 Å². The maximum absolute atomic E-state index is 12.9. The van der Waals surface area contributed by atoms with Crippen molar-refractivity contribution in [1.29, 1.82) is 0 Å². The van der Waals surface area contributed by atoms with E-state index in [9.17, 15) is 9.59 Å². The molecule has 5 rings (SSSR count). The van der Waals surface area contributed by atoms with E-state index in [4.69, 9.17) is 14.2 Å². The molecule has 3 heterocycles. The summed E-state index contributed by atoms with van der Waals surface area (Å²) in [5.74, 6) is 1.07. The number of hydrogen-bond donors (Lipinski definition) is 0. The summed E-state index contributed by atoms with van der Waals surface area (Å²) in [5.41, 5.74) is 4.20. The number of hydrogen-bond acceptors (Lipinski definition) is 5. The van der Waals surface area contributed by atoms with E-state index in [0.717, 1.165) is 69.3 Å². The standard InChI is InChI=1S/C33H44N2O5/c1-32(2,3)23-39-31(37)35-19-15-33(16-20-35)14-11-27-22-25(7-10-29(27)40-33)21-24-5-8-26(9-6-24)30(36)34-17-12-28(38-4)13-18-34/h5-10,22,28H,11-21,23H2,1-4H3. The lowest BCUT2D eigenvalue weighted by molar-refractivity contribution is -0.0172. The molecule has 0 aromatic heterocycles. The van der Waals surface area contributed by atoms with Gasteiger partial charge in [-0.15, -0.1) is 0 Å². The summed E-state index contributed by atoms with van der Waals surface area (Å²) in [4.78, 5) is 29.2. The lowest BCUT2D eigenvalue weighted by atomic mass is 9.83. The minimum Gasteiger partial charge on any atom is -0.487 e. The molecule has 0 unspecified atom stereocenters. The van der Waals surface area contributed by atoms with E-state index in [2.05, 4.69) is 51.1 Å². The molecule has 0 bridgehead atoms. The van der Waals surface area contributed by atoms with Crippen molar-refractivity contribution in [2.75, 3.05) is 39.9 Å². The lowest BCUT2D eigenvalue weighted by Gasteiger charge is -2.44. The number of piperidine rings is 2. The van der Waals surface area contributed by atoms with E-state index in [-0.39, 0.29) is 29.1 Å². The van der Waals surface area contributed by atoms with Crippen LogP contribution in [-0.4, -0.2) is 73.4 Å². The topological polar surface area (TPSA) is 68.3 Å². The van der Waals surface area contributed by atoms with Crippen molar-refractivity contribution in [3.8, 4) is 5.75 Å². The Bertz CT molecular complexity index is 1190. The average molecular weight is 549 g/mol. The Labute approximate surface area is 238 Å². The van der Waals surface area contributed by atoms with E-state index in [1.165, 1.54) is 16.7 Å². The lowest BCUT2D eigenvalue weighted by Crippen LogP contribution is -2.51. The van der Waals surface area contributed by atoms with Crippen LogP contribution < -0.4 is 4.74 Å². The molecule has 2 amide bonds. The van der Waals surface area contributed by atoms with Crippen LogP contribution in [0.4, 0.5) is 4.79 Å². The molecule has 2 aromatic carbocycles. The average Bonchev–Trinajstić information content (AvgIpc) is 2.96. The van der Waals surface area contributed by atoms with Gasteiger partial charge in [0.1, 0.15) is 11.4 Å². The van der Waals surface area contributed by atoms with Crippen LogP contribution in [0.1, 0.15) is 79.9 Å². The maximum atomic E-state index is 12.9. The van der Waals surface area contributed by atoms with E-state index in [0.29, 0.717) is 19.7 Å². The molecule has 0 radical (unpaired) electrons. The third kappa shape index (κ3) is 6.80. The number of likely N-dealkylation sites (tertiary alicyclic amines) is 2.